The number of benzene rings is 1. The summed E-state index contributed by atoms with van der Waals surface area (Å²) in [5, 5.41) is 6.69. The van der Waals surface area contributed by atoms with E-state index < -0.39 is 0 Å². The van der Waals surface area contributed by atoms with Crippen LogP contribution in [0.15, 0.2) is 18.2 Å². The highest BCUT2D eigenvalue weighted by Gasteiger charge is 2.06. The van der Waals surface area contributed by atoms with E-state index in [0.29, 0.717) is 5.02 Å². The lowest BCUT2D eigenvalue weighted by Crippen LogP contribution is -2.36. The lowest BCUT2D eigenvalue weighted by atomic mass is 10.2. The number of hydrogen-bond acceptors (Lipinski definition) is 2. The van der Waals surface area contributed by atoms with Crippen LogP contribution < -0.4 is 10.6 Å². The Balaban J connectivity index is 2.47. The summed E-state index contributed by atoms with van der Waals surface area (Å²) in [7, 11) is 0. The van der Waals surface area contributed by atoms with Gasteiger partial charge in [-0.2, -0.15) is 0 Å². The van der Waals surface area contributed by atoms with E-state index in [1.165, 1.54) is 0 Å². The number of rotatable bonds is 5. The van der Waals surface area contributed by atoms with Crippen LogP contribution >= 0.6 is 34.2 Å². The van der Waals surface area contributed by atoms with Gasteiger partial charge in [-0.3, -0.25) is 4.79 Å². The zero-order chi connectivity index (χ0) is 12.8. The van der Waals surface area contributed by atoms with Crippen molar-refractivity contribution in [2.24, 2.45) is 0 Å². The predicted molar refractivity (Wildman–Crippen MR) is 80.6 cm³/mol. The van der Waals surface area contributed by atoms with Crippen molar-refractivity contribution in [2.75, 3.05) is 11.9 Å². The van der Waals surface area contributed by atoms with Crippen molar-refractivity contribution in [3.63, 3.8) is 0 Å². The number of nitrogens with one attached hydrogen (secondary N) is 2. The Bertz CT molecular complexity index is 398. The lowest BCUT2D eigenvalue weighted by Gasteiger charge is -2.13. The standard InChI is InChI=1S/C12H16ClIN2O/c1-3-8(2)16-12(17)7-15-11-5-4-9(13)6-10(11)14/h4-6,8,15H,3,7H2,1-2H3,(H,16,17). The van der Waals surface area contributed by atoms with Crippen LogP contribution in [-0.4, -0.2) is 18.5 Å². The molecule has 2 N–H and O–H groups in total. The highest BCUT2D eigenvalue weighted by molar-refractivity contribution is 14.1. The minimum Gasteiger partial charge on any atom is -0.375 e. The van der Waals surface area contributed by atoms with Gasteiger partial charge in [0, 0.05) is 20.3 Å². The van der Waals surface area contributed by atoms with Crippen molar-refractivity contribution in [3.8, 4) is 0 Å². The van der Waals surface area contributed by atoms with Crippen molar-refractivity contribution in [1.29, 1.82) is 0 Å². The van der Waals surface area contributed by atoms with E-state index in [1.54, 1.807) is 6.07 Å². The van der Waals surface area contributed by atoms with Gasteiger partial charge in [-0.15, -0.1) is 0 Å². The van der Waals surface area contributed by atoms with Crippen LogP contribution in [0, 0.1) is 3.57 Å². The molecule has 1 atom stereocenters. The number of amides is 1. The molecule has 0 spiro atoms. The fraction of sp³-hybridized carbons (Fsp3) is 0.417. The summed E-state index contributed by atoms with van der Waals surface area (Å²) in [6, 6.07) is 5.75. The summed E-state index contributed by atoms with van der Waals surface area (Å²) in [5.74, 6) is 0.00472. The monoisotopic (exact) mass is 366 g/mol. The minimum atomic E-state index is 0.00472. The van der Waals surface area contributed by atoms with E-state index in [2.05, 4.69) is 33.2 Å². The van der Waals surface area contributed by atoms with Crippen LogP contribution in [-0.2, 0) is 4.79 Å². The van der Waals surface area contributed by atoms with Crippen molar-refractivity contribution in [3.05, 3.63) is 26.8 Å². The number of halogens is 2. The van der Waals surface area contributed by atoms with Crippen LogP contribution in [0.25, 0.3) is 0 Å². The van der Waals surface area contributed by atoms with Gasteiger partial charge in [0.25, 0.3) is 0 Å². The van der Waals surface area contributed by atoms with Gasteiger partial charge in [0.15, 0.2) is 0 Å². The summed E-state index contributed by atoms with van der Waals surface area (Å²) in [4.78, 5) is 11.6. The first-order valence-electron chi connectivity index (χ1n) is 5.51. The second kappa shape index (κ2) is 7.06. The fourth-order valence-electron chi connectivity index (χ4n) is 1.24. The molecule has 0 aliphatic rings. The highest BCUT2D eigenvalue weighted by Crippen LogP contribution is 2.21. The molecule has 3 nitrogen and oxygen atoms in total. The maximum atomic E-state index is 11.6. The van der Waals surface area contributed by atoms with E-state index in [9.17, 15) is 4.79 Å². The van der Waals surface area contributed by atoms with Gasteiger partial charge < -0.3 is 10.6 Å². The third-order valence-corrected chi connectivity index (χ3v) is 3.52. The molecule has 1 aromatic carbocycles. The second-order valence-corrected chi connectivity index (χ2v) is 5.45. The quantitative estimate of drug-likeness (QED) is 0.785. The Morgan fingerprint density at radius 1 is 1.53 bits per heavy atom. The van der Waals surface area contributed by atoms with Crippen LogP contribution in [0.1, 0.15) is 20.3 Å². The van der Waals surface area contributed by atoms with Gasteiger partial charge in [0.1, 0.15) is 0 Å². The smallest absolute Gasteiger partial charge is 0.239 e. The van der Waals surface area contributed by atoms with Crippen LogP contribution in [0.3, 0.4) is 0 Å². The highest BCUT2D eigenvalue weighted by atomic mass is 127. The van der Waals surface area contributed by atoms with Crippen molar-refractivity contribution in [2.45, 2.75) is 26.3 Å². The Morgan fingerprint density at radius 2 is 2.24 bits per heavy atom. The molecule has 0 aliphatic heterocycles. The molecule has 0 saturated heterocycles. The molecule has 1 amide bonds. The first kappa shape index (κ1) is 14.6. The average Bonchev–Trinajstić information content (AvgIpc) is 2.27. The summed E-state index contributed by atoms with van der Waals surface area (Å²) in [6.07, 6.45) is 0.935. The van der Waals surface area contributed by atoms with Crippen LogP contribution in [0.2, 0.25) is 5.02 Å². The summed E-state index contributed by atoms with van der Waals surface area (Å²) in [6.45, 7) is 4.31. The number of hydrogen-bond donors (Lipinski definition) is 2. The number of anilines is 1. The second-order valence-electron chi connectivity index (χ2n) is 3.85. The molecule has 0 radical (unpaired) electrons. The fourth-order valence-corrected chi connectivity index (χ4v) is 2.30. The SMILES string of the molecule is CCC(C)NC(=O)CNc1ccc(Cl)cc1I. The molecule has 0 heterocycles. The molecule has 1 rings (SSSR count). The molecule has 0 aliphatic carbocycles. The number of carbonyl (C=O) groups excluding carboxylic acids is 1. The Labute approximate surface area is 120 Å². The normalized spacial score (nSPS) is 12.0. The summed E-state index contributed by atoms with van der Waals surface area (Å²) < 4.78 is 1.01. The summed E-state index contributed by atoms with van der Waals surface area (Å²) >= 11 is 8.04. The third kappa shape index (κ3) is 5.12. The predicted octanol–water partition coefficient (Wildman–Crippen LogP) is 3.27. The van der Waals surface area contributed by atoms with E-state index in [-0.39, 0.29) is 18.5 Å². The molecule has 1 unspecified atom stereocenters. The molecule has 5 heteroatoms. The summed E-state index contributed by atoms with van der Waals surface area (Å²) in [5.41, 5.74) is 0.925. The Morgan fingerprint density at radius 3 is 2.82 bits per heavy atom. The van der Waals surface area contributed by atoms with Gasteiger partial charge in [-0.05, 0) is 54.1 Å². The molecular weight excluding hydrogens is 351 g/mol. The van der Waals surface area contributed by atoms with Crippen LogP contribution in [0.5, 0.6) is 0 Å². The van der Waals surface area contributed by atoms with Gasteiger partial charge in [0.2, 0.25) is 5.91 Å². The van der Waals surface area contributed by atoms with E-state index in [4.69, 9.17) is 11.6 Å². The first-order valence-corrected chi connectivity index (χ1v) is 6.97. The minimum absolute atomic E-state index is 0.00472. The molecular formula is C12H16ClIN2O. The maximum absolute atomic E-state index is 11.6. The van der Waals surface area contributed by atoms with Gasteiger partial charge in [-0.25, -0.2) is 0 Å². The molecule has 0 saturated carbocycles. The van der Waals surface area contributed by atoms with Gasteiger partial charge in [0.05, 0.1) is 6.54 Å². The molecule has 0 bridgehead atoms. The Kier molecular flexibility index (Phi) is 6.05. The Hall–Kier alpha value is -0.490. The van der Waals surface area contributed by atoms with Gasteiger partial charge >= 0.3 is 0 Å². The number of carbonyl (C=O) groups is 1. The zero-order valence-corrected chi connectivity index (χ0v) is 12.8. The lowest BCUT2D eigenvalue weighted by molar-refractivity contribution is -0.120. The molecule has 94 valence electrons. The topological polar surface area (TPSA) is 41.1 Å². The molecule has 1 aromatic rings. The van der Waals surface area contributed by atoms with E-state index in [1.807, 2.05) is 26.0 Å². The maximum Gasteiger partial charge on any atom is 0.239 e. The van der Waals surface area contributed by atoms with E-state index in [0.717, 1.165) is 15.7 Å². The van der Waals surface area contributed by atoms with E-state index >= 15 is 0 Å². The third-order valence-electron chi connectivity index (χ3n) is 2.39. The largest absolute Gasteiger partial charge is 0.375 e. The molecule has 0 aromatic heterocycles. The van der Waals surface area contributed by atoms with Crippen molar-refractivity contribution >= 4 is 45.8 Å². The average molecular weight is 367 g/mol. The molecule has 17 heavy (non-hydrogen) atoms. The zero-order valence-electron chi connectivity index (χ0n) is 9.89. The molecule has 0 fully saturated rings. The first-order chi connectivity index (χ1) is 8.02. The van der Waals surface area contributed by atoms with Crippen molar-refractivity contribution in [1.82, 2.24) is 5.32 Å². The van der Waals surface area contributed by atoms with Crippen LogP contribution in [0.4, 0.5) is 5.69 Å². The van der Waals surface area contributed by atoms with Crippen molar-refractivity contribution < 1.29 is 4.79 Å². The van der Waals surface area contributed by atoms with Gasteiger partial charge in [-0.1, -0.05) is 18.5 Å².